The molecule has 2 aromatic rings. The van der Waals surface area contributed by atoms with E-state index in [1.165, 1.54) is 11.6 Å². The predicted molar refractivity (Wildman–Crippen MR) is 73.8 cm³/mol. The average Bonchev–Trinajstić information content (AvgIpc) is 3.07. The molecule has 0 spiro atoms. The van der Waals surface area contributed by atoms with Crippen LogP contribution in [0.1, 0.15) is 28.4 Å². The van der Waals surface area contributed by atoms with Crippen LogP contribution in [0.3, 0.4) is 0 Å². The monoisotopic (exact) mass is 272 g/mol. The summed E-state index contributed by atoms with van der Waals surface area (Å²) in [7, 11) is 2.11. The molecule has 1 aromatic carbocycles. The Balaban J connectivity index is 1.98. The summed E-state index contributed by atoms with van der Waals surface area (Å²) in [6.45, 7) is 2.09. The molecule has 1 aliphatic heterocycles. The standard InChI is InChI=1S/C15H16N2O3/c1-17-7-6-10(9-17)11-4-2-3-5-12(11)14-8-13(15(18)19)16-20-14/h2-5,8,10H,6-7,9H2,1H3,(H,18,19). The van der Waals surface area contributed by atoms with Gasteiger partial charge in [-0.1, -0.05) is 29.4 Å². The number of likely N-dealkylation sites (N-methyl/N-ethyl adjacent to an activating group) is 1. The predicted octanol–water partition coefficient (Wildman–Crippen LogP) is 2.46. The second-order valence-electron chi connectivity index (χ2n) is 5.22. The Morgan fingerprint density at radius 2 is 2.25 bits per heavy atom. The van der Waals surface area contributed by atoms with Gasteiger partial charge < -0.3 is 14.5 Å². The molecule has 3 rings (SSSR count). The highest BCUT2D eigenvalue weighted by Gasteiger charge is 2.25. The fourth-order valence-corrected chi connectivity index (χ4v) is 2.77. The number of carboxylic acid groups (broad SMARTS) is 1. The summed E-state index contributed by atoms with van der Waals surface area (Å²) in [6, 6.07) is 9.47. The van der Waals surface area contributed by atoms with Gasteiger partial charge in [0.25, 0.3) is 0 Å². The van der Waals surface area contributed by atoms with E-state index in [1.807, 2.05) is 18.2 Å². The van der Waals surface area contributed by atoms with Crippen LogP contribution in [-0.4, -0.2) is 41.3 Å². The zero-order valence-electron chi connectivity index (χ0n) is 11.2. The van der Waals surface area contributed by atoms with Crippen LogP contribution in [0, 0.1) is 0 Å². The number of benzene rings is 1. The lowest BCUT2D eigenvalue weighted by Crippen LogP contribution is -2.13. The molecule has 5 nitrogen and oxygen atoms in total. The maximum atomic E-state index is 10.9. The fourth-order valence-electron chi connectivity index (χ4n) is 2.77. The van der Waals surface area contributed by atoms with E-state index in [4.69, 9.17) is 9.63 Å². The topological polar surface area (TPSA) is 66.6 Å². The third kappa shape index (κ3) is 2.32. The molecule has 1 aromatic heterocycles. The van der Waals surface area contributed by atoms with Gasteiger partial charge in [-0.3, -0.25) is 0 Å². The van der Waals surface area contributed by atoms with Crippen LogP contribution in [0.2, 0.25) is 0 Å². The van der Waals surface area contributed by atoms with Crippen LogP contribution < -0.4 is 0 Å². The minimum Gasteiger partial charge on any atom is -0.476 e. The van der Waals surface area contributed by atoms with Gasteiger partial charge in [0.2, 0.25) is 0 Å². The molecular formula is C15H16N2O3. The van der Waals surface area contributed by atoms with Crippen LogP contribution in [0.5, 0.6) is 0 Å². The highest BCUT2D eigenvalue weighted by molar-refractivity contribution is 5.86. The van der Waals surface area contributed by atoms with Crippen LogP contribution in [0.15, 0.2) is 34.9 Å². The Hall–Kier alpha value is -2.14. The second kappa shape index (κ2) is 5.09. The summed E-state index contributed by atoms with van der Waals surface area (Å²) >= 11 is 0. The highest BCUT2D eigenvalue weighted by Crippen LogP contribution is 2.34. The number of carbonyl (C=O) groups is 1. The molecule has 2 heterocycles. The number of aromatic nitrogens is 1. The molecule has 1 aliphatic rings. The van der Waals surface area contributed by atoms with E-state index in [-0.39, 0.29) is 5.69 Å². The van der Waals surface area contributed by atoms with E-state index in [1.54, 1.807) is 0 Å². The van der Waals surface area contributed by atoms with Crippen molar-refractivity contribution in [1.82, 2.24) is 10.1 Å². The molecule has 104 valence electrons. The number of likely N-dealkylation sites (tertiary alicyclic amines) is 1. The summed E-state index contributed by atoms with van der Waals surface area (Å²) in [5.74, 6) is -0.0970. The number of aromatic carboxylic acids is 1. The molecule has 1 unspecified atom stereocenters. The molecular weight excluding hydrogens is 256 g/mol. The SMILES string of the molecule is CN1CCC(c2ccccc2-c2cc(C(=O)O)no2)C1. The summed E-state index contributed by atoms with van der Waals surface area (Å²) in [5.41, 5.74) is 2.08. The van der Waals surface area contributed by atoms with Crippen LogP contribution in [0.25, 0.3) is 11.3 Å². The van der Waals surface area contributed by atoms with Crippen LogP contribution >= 0.6 is 0 Å². The Morgan fingerprint density at radius 3 is 2.90 bits per heavy atom. The van der Waals surface area contributed by atoms with E-state index in [9.17, 15) is 4.79 Å². The number of nitrogens with zero attached hydrogens (tertiary/aromatic N) is 2. The van der Waals surface area contributed by atoms with E-state index >= 15 is 0 Å². The zero-order valence-corrected chi connectivity index (χ0v) is 11.2. The first-order valence-corrected chi connectivity index (χ1v) is 6.63. The van der Waals surface area contributed by atoms with Crippen molar-refractivity contribution in [2.24, 2.45) is 0 Å². The molecule has 1 fully saturated rings. The minimum absolute atomic E-state index is 0.0571. The molecule has 0 amide bonds. The van der Waals surface area contributed by atoms with Crippen molar-refractivity contribution in [1.29, 1.82) is 0 Å². The molecule has 1 atom stereocenters. The van der Waals surface area contributed by atoms with E-state index in [2.05, 4.69) is 23.2 Å². The third-order valence-corrected chi connectivity index (χ3v) is 3.79. The maximum absolute atomic E-state index is 10.9. The molecule has 20 heavy (non-hydrogen) atoms. The third-order valence-electron chi connectivity index (χ3n) is 3.79. The van der Waals surface area contributed by atoms with Crippen molar-refractivity contribution < 1.29 is 14.4 Å². The first-order valence-electron chi connectivity index (χ1n) is 6.63. The minimum atomic E-state index is -1.07. The molecule has 1 N–H and O–H groups in total. The Morgan fingerprint density at radius 1 is 1.45 bits per heavy atom. The van der Waals surface area contributed by atoms with Crippen molar-refractivity contribution in [3.05, 3.63) is 41.6 Å². The lowest BCUT2D eigenvalue weighted by molar-refractivity contribution is 0.0686. The summed E-state index contributed by atoms with van der Waals surface area (Å²) < 4.78 is 5.19. The summed E-state index contributed by atoms with van der Waals surface area (Å²) in [6.07, 6.45) is 1.10. The lowest BCUT2D eigenvalue weighted by atomic mass is 9.92. The quantitative estimate of drug-likeness (QED) is 0.929. The zero-order chi connectivity index (χ0) is 14.1. The van der Waals surface area contributed by atoms with Gasteiger partial charge in [-0.25, -0.2) is 4.79 Å². The summed E-state index contributed by atoms with van der Waals surface area (Å²) in [4.78, 5) is 13.2. The Labute approximate surface area is 116 Å². The Bertz CT molecular complexity index is 636. The molecule has 0 bridgehead atoms. The largest absolute Gasteiger partial charge is 0.476 e. The number of rotatable bonds is 3. The van der Waals surface area contributed by atoms with Crippen molar-refractivity contribution >= 4 is 5.97 Å². The lowest BCUT2D eigenvalue weighted by Gasteiger charge is -2.14. The van der Waals surface area contributed by atoms with E-state index in [0.29, 0.717) is 11.7 Å². The average molecular weight is 272 g/mol. The second-order valence-corrected chi connectivity index (χ2v) is 5.22. The van der Waals surface area contributed by atoms with Gasteiger partial charge in [0, 0.05) is 18.2 Å². The number of hydrogen-bond acceptors (Lipinski definition) is 4. The van der Waals surface area contributed by atoms with Crippen molar-refractivity contribution in [3.8, 4) is 11.3 Å². The van der Waals surface area contributed by atoms with Crippen LogP contribution in [0.4, 0.5) is 0 Å². The highest BCUT2D eigenvalue weighted by atomic mass is 16.5. The van der Waals surface area contributed by atoms with Gasteiger partial charge >= 0.3 is 5.97 Å². The first-order chi connectivity index (χ1) is 9.65. The fraction of sp³-hybridized carbons (Fsp3) is 0.333. The Kier molecular flexibility index (Phi) is 3.28. The molecule has 0 radical (unpaired) electrons. The van der Waals surface area contributed by atoms with Gasteiger partial charge in [0.15, 0.2) is 11.5 Å². The van der Waals surface area contributed by atoms with Gasteiger partial charge in [0.05, 0.1) is 0 Å². The number of hydrogen-bond donors (Lipinski definition) is 1. The van der Waals surface area contributed by atoms with Crippen LogP contribution in [-0.2, 0) is 0 Å². The normalized spacial score (nSPS) is 19.4. The summed E-state index contributed by atoms with van der Waals surface area (Å²) in [5, 5.41) is 12.5. The van der Waals surface area contributed by atoms with Crippen molar-refractivity contribution in [3.63, 3.8) is 0 Å². The molecule has 0 saturated carbocycles. The van der Waals surface area contributed by atoms with Gasteiger partial charge in [-0.15, -0.1) is 0 Å². The first kappa shape index (κ1) is 12.9. The molecule has 0 aliphatic carbocycles. The van der Waals surface area contributed by atoms with Crippen molar-refractivity contribution in [2.75, 3.05) is 20.1 Å². The van der Waals surface area contributed by atoms with Crippen molar-refractivity contribution in [2.45, 2.75) is 12.3 Å². The molecule has 5 heteroatoms. The number of carboxylic acids is 1. The smallest absolute Gasteiger partial charge is 0.358 e. The van der Waals surface area contributed by atoms with Gasteiger partial charge in [0.1, 0.15) is 0 Å². The van der Waals surface area contributed by atoms with Gasteiger partial charge in [-0.2, -0.15) is 0 Å². The maximum Gasteiger partial charge on any atom is 0.358 e. The molecule has 1 saturated heterocycles. The van der Waals surface area contributed by atoms with E-state index < -0.39 is 5.97 Å². The van der Waals surface area contributed by atoms with Gasteiger partial charge in [-0.05, 0) is 31.5 Å². The van der Waals surface area contributed by atoms with E-state index in [0.717, 1.165) is 25.1 Å².